The molecule has 3 aromatic rings. The molecule has 2 aromatic carbocycles. The van der Waals surface area contributed by atoms with Gasteiger partial charge in [0.2, 0.25) is 12.7 Å². The quantitative estimate of drug-likeness (QED) is 0.277. The number of rotatable bonds is 9. The van der Waals surface area contributed by atoms with E-state index in [1.165, 1.54) is 11.3 Å². The second-order valence-corrected chi connectivity index (χ2v) is 13.1. The molecular formula is C34H41N5O5S. The van der Waals surface area contributed by atoms with Crippen LogP contribution in [0.15, 0.2) is 42.5 Å². The SMILES string of the molecule is Cc1ccc([C@H](C(=O)NC2CCCCC2)N(Cc2ccc3c(c2)OCO3)C(=O)c2snc(C(=O)NC3CCCCC3)c2N)cc1. The number of hydrogen-bond acceptors (Lipinski definition) is 8. The van der Waals surface area contributed by atoms with Gasteiger partial charge in [-0.2, -0.15) is 4.37 Å². The van der Waals surface area contributed by atoms with Gasteiger partial charge in [0.1, 0.15) is 10.9 Å². The molecule has 11 heteroatoms. The molecule has 2 saturated carbocycles. The third-order valence-corrected chi connectivity index (χ3v) is 9.88. The minimum Gasteiger partial charge on any atom is -0.454 e. The Hall–Kier alpha value is -4.12. The highest BCUT2D eigenvalue weighted by atomic mass is 32.1. The summed E-state index contributed by atoms with van der Waals surface area (Å²) in [4.78, 5) is 43.6. The molecule has 3 aliphatic rings. The van der Waals surface area contributed by atoms with Crippen LogP contribution >= 0.6 is 11.5 Å². The fourth-order valence-electron chi connectivity index (χ4n) is 6.51. The number of carbonyl (C=O) groups is 3. The number of ether oxygens (including phenoxy) is 2. The van der Waals surface area contributed by atoms with Gasteiger partial charge in [0.25, 0.3) is 11.8 Å². The number of fused-ring (bicyclic) bond motifs is 1. The summed E-state index contributed by atoms with van der Waals surface area (Å²) < 4.78 is 15.4. The highest BCUT2D eigenvalue weighted by Crippen LogP contribution is 2.35. The maximum Gasteiger partial charge on any atom is 0.273 e. The molecule has 2 fully saturated rings. The molecule has 0 unspecified atom stereocenters. The van der Waals surface area contributed by atoms with Gasteiger partial charge in [-0.15, -0.1) is 0 Å². The minimum absolute atomic E-state index is 0.0318. The van der Waals surface area contributed by atoms with Crippen LogP contribution in [0.2, 0.25) is 0 Å². The third kappa shape index (κ3) is 7.08. The lowest BCUT2D eigenvalue weighted by Gasteiger charge is -2.33. The Morgan fingerprint density at radius 2 is 1.56 bits per heavy atom. The van der Waals surface area contributed by atoms with Gasteiger partial charge in [0.15, 0.2) is 17.2 Å². The number of aryl methyl sites for hydroxylation is 1. The first-order chi connectivity index (χ1) is 21.9. The van der Waals surface area contributed by atoms with Crippen molar-refractivity contribution in [3.05, 3.63) is 69.7 Å². The predicted molar refractivity (Wildman–Crippen MR) is 172 cm³/mol. The lowest BCUT2D eigenvalue weighted by molar-refractivity contribution is -0.127. The largest absolute Gasteiger partial charge is 0.454 e. The average Bonchev–Trinajstić information content (AvgIpc) is 3.68. The summed E-state index contributed by atoms with van der Waals surface area (Å²) in [5.74, 6) is 0.114. The van der Waals surface area contributed by atoms with Gasteiger partial charge in [0, 0.05) is 18.6 Å². The lowest BCUT2D eigenvalue weighted by Crippen LogP contribution is -2.46. The van der Waals surface area contributed by atoms with E-state index in [4.69, 9.17) is 15.2 Å². The van der Waals surface area contributed by atoms with E-state index in [2.05, 4.69) is 15.0 Å². The van der Waals surface area contributed by atoms with E-state index < -0.39 is 11.9 Å². The van der Waals surface area contributed by atoms with Crippen molar-refractivity contribution in [3.63, 3.8) is 0 Å². The van der Waals surface area contributed by atoms with E-state index >= 15 is 0 Å². The van der Waals surface area contributed by atoms with Crippen LogP contribution in [0.3, 0.4) is 0 Å². The molecule has 6 rings (SSSR count). The normalized spacial score (nSPS) is 17.4. The zero-order valence-corrected chi connectivity index (χ0v) is 26.5. The second-order valence-electron chi connectivity index (χ2n) is 12.4. The van der Waals surface area contributed by atoms with Gasteiger partial charge in [0.05, 0.1) is 5.69 Å². The first kappa shape index (κ1) is 30.9. The van der Waals surface area contributed by atoms with Crippen LogP contribution in [-0.2, 0) is 11.3 Å². The van der Waals surface area contributed by atoms with Gasteiger partial charge < -0.3 is 30.7 Å². The summed E-state index contributed by atoms with van der Waals surface area (Å²) in [7, 11) is 0. The summed E-state index contributed by atoms with van der Waals surface area (Å²) >= 11 is 0.893. The molecule has 2 aliphatic carbocycles. The van der Waals surface area contributed by atoms with Gasteiger partial charge in [-0.3, -0.25) is 14.4 Å². The van der Waals surface area contributed by atoms with Crippen molar-refractivity contribution in [3.8, 4) is 11.5 Å². The topological polar surface area (TPSA) is 136 Å². The molecule has 3 amide bonds. The number of nitrogen functional groups attached to an aromatic ring is 1. The molecule has 238 valence electrons. The summed E-state index contributed by atoms with van der Waals surface area (Å²) in [5, 5.41) is 6.29. The molecule has 1 atom stereocenters. The van der Waals surface area contributed by atoms with Gasteiger partial charge in [-0.1, -0.05) is 74.4 Å². The fourth-order valence-corrected chi connectivity index (χ4v) is 7.27. The summed E-state index contributed by atoms with van der Waals surface area (Å²) in [6.45, 7) is 2.20. The van der Waals surface area contributed by atoms with Gasteiger partial charge >= 0.3 is 0 Å². The molecule has 10 nitrogen and oxygen atoms in total. The van der Waals surface area contributed by atoms with Crippen LogP contribution in [0.1, 0.15) is 107 Å². The lowest BCUT2D eigenvalue weighted by atomic mass is 9.94. The van der Waals surface area contributed by atoms with Crippen molar-refractivity contribution in [2.75, 3.05) is 12.5 Å². The van der Waals surface area contributed by atoms with Crippen molar-refractivity contribution in [2.45, 2.75) is 95.8 Å². The van der Waals surface area contributed by atoms with Crippen molar-refractivity contribution in [1.29, 1.82) is 0 Å². The summed E-state index contributed by atoms with van der Waals surface area (Å²) in [6.07, 6.45) is 10.2. The maximum atomic E-state index is 14.6. The number of benzene rings is 2. The van der Waals surface area contributed by atoms with Gasteiger partial charge in [-0.05, 0) is 67.4 Å². The Bertz CT molecular complexity index is 1530. The number of anilines is 1. The van der Waals surface area contributed by atoms with E-state index in [1.54, 1.807) is 6.07 Å². The first-order valence-corrected chi connectivity index (χ1v) is 16.8. The molecule has 45 heavy (non-hydrogen) atoms. The molecule has 0 bridgehead atoms. The van der Waals surface area contributed by atoms with E-state index in [0.29, 0.717) is 17.1 Å². The zero-order valence-electron chi connectivity index (χ0n) is 25.7. The molecule has 2 heterocycles. The fraction of sp³-hybridized carbons (Fsp3) is 0.471. The molecule has 1 aromatic heterocycles. The molecule has 1 aliphatic heterocycles. The van der Waals surface area contributed by atoms with Crippen LogP contribution in [0.5, 0.6) is 11.5 Å². The Labute approximate surface area is 267 Å². The van der Waals surface area contributed by atoms with E-state index in [9.17, 15) is 14.4 Å². The summed E-state index contributed by atoms with van der Waals surface area (Å²) in [6, 6.07) is 12.3. The molecule has 0 saturated heterocycles. The molecule has 0 radical (unpaired) electrons. The Kier molecular flexibility index (Phi) is 9.53. The standard InChI is InChI=1S/C34H41N5O5S/c1-21-12-15-23(16-13-21)30(33(41)37-25-10-6-3-7-11-25)39(19-22-14-17-26-27(18-22)44-20-43-26)34(42)31-28(35)29(38-45-31)32(40)36-24-8-4-2-5-9-24/h12-18,24-25,30H,2-11,19-20,35H2,1H3,(H,36,40)(H,37,41)/t30-/m1/s1. The minimum atomic E-state index is -0.952. The number of hydrogen-bond donors (Lipinski definition) is 3. The molecule has 0 spiro atoms. The first-order valence-electron chi connectivity index (χ1n) is 16.0. The Morgan fingerprint density at radius 1 is 0.911 bits per heavy atom. The van der Waals surface area contributed by atoms with Crippen molar-refractivity contribution < 1.29 is 23.9 Å². The van der Waals surface area contributed by atoms with E-state index in [0.717, 1.165) is 80.4 Å². The van der Waals surface area contributed by atoms with Crippen LogP contribution in [-0.4, -0.2) is 45.9 Å². The third-order valence-electron chi connectivity index (χ3n) is 9.03. The number of nitrogens with one attached hydrogen (secondary N) is 2. The van der Waals surface area contributed by atoms with Crippen molar-refractivity contribution in [2.24, 2.45) is 0 Å². The number of nitrogens with zero attached hydrogens (tertiary/aromatic N) is 2. The number of nitrogens with two attached hydrogens (primary N) is 1. The number of aromatic nitrogens is 1. The number of amides is 3. The molecule has 4 N–H and O–H groups in total. The second kappa shape index (κ2) is 13.9. The summed E-state index contributed by atoms with van der Waals surface area (Å²) in [5.41, 5.74) is 9.07. The predicted octanol–water partition coefficient (Wildman–Crippen LogP) is 5.66. The zero-order chi connectivity index (χ0) is 31.3. The van der Waals surface area contributed by atoms with Crippen LogP contribution < -0.4 is 25.8 Å². The van der Waals surface area contributed by atoms with E-state index in [-0.39, 0.29) is 53.5 Å². The van der Waals surface area contributed by atoms with Crippen LogP contribution in [0, 0.1) is 6.92 Å². The maximum absolute atomic E-state index is 14.6. The molecular weight excluding hydrogens is 590 g/mol. The van der Waals surface area contributed by atoms with Crippen molar-refractivity contribution in [1.82, 2.24) is 19.9 Å². The average molecular weight is 632 g/mol. The van der Waals surface area contributed by atoms with Gasteiger partial charge in [-0.25, -0.2) is 0 Å². The highest BCUT2D eigenvalue weighted by molar-refractivity contribution is 7.09. The highest BCUT2D eigenvalue weighted by Gasteiger charge is 2.36. The van der Waals surface area contributed by atoms with E-state index in [1.807, 2.05) is 43.3 Å². The van der Waals surface area contributed by atoms with Crippen LogP contribution in [0.4, 0.5) is 5.69 Å². The monoisotopic (exact) mass is 631 g/mol. The Balaban J connectivity index is 1.35. The number of carbonyl (C=O) groups excluding carboxylic acids is 3. The van der Waals surface area contributed by atoms with Crippen LogP contribution in [0.25, 0.3) is 0 Å². The smallest absolute Gasteiger partial charge is 0.273 e. The van der Waals surface area contributed by atoms with Crippen molar-refractivity contribution >= 4 is 34.9 Å². The Morgan fingerprint density at radius 3 is 2.24 bits per heavy atom.